The number of non-ortho nitro benzene ring substituents is 1. The molecule has 0 saturated carbocycles. The number of carbonyl (C=O) groups excluding carboxylic acids is 1. The minimum Gasteiger partial charge on any atom is -0.494 e. The van der Waals surface area contributed by atoms with E-state index in [1.165, 1.54) is 18.3 Å². The number of nitro benzene ring substituents is 1. The van der Waals surface area contributed by atoms with E-state index in [0.717, 1.165) is 12.1 Å². The molecule has 3 rings (SSSR count). The highest BCUT2D eigenvalue weighted by atomic mass is 16.6. The van der Waals surface area contributed by atoms with Gasteiger partial charge in [-0.15, -0.1) is 0 Å². The number of amides is 1. The molecule has 1 heterocycles. The molecule has 0 spiro atoms. The van der Waals surface area contributed by atoms with Crippen molar-refractivity contribution in [2.45, 2.75) is 13.3 Å². The van der Waals surface area contributed by atoms with Crippen LogP contribution >= 0.6 is 0 Å². The molecule has 1 aliphatic rings. The molecule has 1 amide bonds. The van der Waals surface area contributed by atoms with Gasteiger partial charge in [0.05, 0.1) is 31.0 Å². The van der Waals surface area contributed by atoms with E-state index >= 15 is 0 Å². The highest BCUT2D eigenvalue weighted by Gasteiger charge is 2.17. The van der Waals surface area contributed by atoms with Gasteiger partial charge in [-0.1, -0.05) is 6.92 Å². The van der Waals surface area contributed by atoms with Gasteiger partial charge in [0.1, 0.15) is 5.75 Å². The molecule has 0 bridgehead atoms. The highest BCUT2D eigenvalue weighted by molar-refractivity contribution is 5.95. The average molecular weight is 412 g/mol. The van der Waals surface area contributed by atoms with Gasteiger partial charge in [-0.25, -0.2) is 5.43 Å². The summed E-state index contributed by atoms with van der Waals surface area (Å²) in [4.78, 5) is 25.1. The predicted molar refractivity (Wildman–Crippen MR) is 113 cm³/mol. The first-order valence-electron chi connectivity index (χ1n) is 9.76. The lowest BCUT2D eigenvalue weighted by Crippen LogP contribution is -2.36. The first-order chi connectivity index (χ1) is 14.6. The van der Waals surface area contributed by atoms with Crippen molar-refractivity contribution >= 4 is 23.5 Å². The molecule has 158 valence electrons. The van der Waals surface area contributed by atoms with Crippen molar-refractivity contribution in [2.24, 2.45) is 5.10 Å². The van der Waals surface area contributed by atoms with E-state index in [0.29, 0.717) is 49.8 Å². The van der Waals surface area contributed by atoms with Crippen LogP contribution in [0.25, 0.3) is 0 Å². The Bertz CT molecular complexity index is 908. The number of hydrogen-bond donors (Lipinski definition) is 1. The fraction of sp³-hybridized carbons (Fsp3) is 0.333. The van der Waals surface area contributed by atoms with Crippen LogP contribution in [-0.4, -0.2) is 50.0 Å². The smallest absolute Gasteiger partial charge is 0.271 e. The standard InChI is InChI=1S/C21H24N4O5/c1-2-11-30-19-6-3-16(4-7-19)21(26)23-22-15-17-14-18(25(27)28)5-8-20(17)24-9-12-29-13-10-24/h3-8,14-15H,2,9-13H2,1H3,(H,23,26)/b22-15+. The molecule has 0 atom stereocenters. The summed E-state index contributed by atoms with van der Waals surface area (Å²) in [6.45, 7) is 5.16. The van der Waals surface area contributed by atoms with Crippen LogP contribution in [0.4, 0.5) is 11.4 Å². The summed E-state index contributed by atoms with van der Waals surface area (Å²) >= 11 is 0. The van der Waals surface area contributed by atoms with Crippen LogP contribution in [0, 0.1) is 10.1 Å². The fourth-order valence-corrected chi connectivity index (χ4v) is 3.00. The minimum atomic E-state index is -0.457. The first-order valence-corrected chi connectivity index (χ1v) is 9.76. The van der Waals surface area contributed by atoms with E-state index in [2.05, 4.69) is 15.4 Å². The Hall–Kier alpha value is -3.46. The molecule has 2 aromatic carbocycles. The fourth-order valence-electron chi connectivity index (χ4n) is 3.00. The zero-order valence-corrected chi connectivity index (χ0v) is 16.7. The van der Waals surface area contributed by atoms with E-state index in [1.54, 1.807) is 30.3 Å². The molecule has 30 heavy (non-hydrogen) atoms. The molecule has 0 aliphatic carbocycles. The summed E-state index contributed by atoms with van der Waals surface area (Å²) in [6.07, 6.45) is 2.33. The Kier molecular flexibility index (Phi) is 7.34. The number of hydrogen-bond acceptors (Lipinski definition) is 7. The van der Waals surface area contributed by atoms with Crippen molar-refractivity contribution in [3.05, 3.63) is 63.7 Å². The van der Waals surface area contributed by atoms with Gasteiger partial charge in [0.15, 0.2) is 0 Å². The highest BCUT2D eigenvalue weighted by Crippen LogP contribution is 2.25. The quantitative estimate of drug-likeness (QED) is 0.406. The van der Waals surface area contributed by atoms with Crippen molar-refractivity contribution in [2.75, 3.05) is 37.8 Å². The van der Waals surface area contributed by atoms with Crippen LogP contribution in [0.5, 0.6) is 5.75 Å². The van der Waals surface area contributed by atoms with Crippen LogP contribution in [0.3, 0.4) is 0 Å². The van der Waals surface area contributed by atoms with Crippen LogP contribution in [-0.2, 0) is 4.74 Å². The minimum absolute atomic E-state index is 0.0394. The number of carbonyl (C=O) groups is 1. The number of nitro groups is 1. The average Bonchev–Trinajstić information content (AvgIpc) is 2.78. The Labute approximate surface area is 174 Å². The molecule has 0 aromatic heterocycles. The maximum Gasteiger partial charge on any atom is 0.271 e. The summed E-state index contributed by atoms with van der Waals surface area (Å²) < 4.78 is 10.9. The van der Waals surface area contributed by atoms with Gasteiger partial charge < -0.3 is 14.4 Å². The molecule has 1 saturated heterocycles. The van der Waals surface area contributed by atoms with Crippen molar-refractivity contribution in [1.82, 2.24) is 5.43 Å². The Morgan fingerprint density at radius 3 is 2.67 bits per heavy atom. The number of nitrogens with zero attached hydrogens (tertiary/aromatic N) is 3. The van der Waals surface area contributed by atoms with Crippen LogP contribution in [0.15, 0.2) is 47.6 Å². The summed E-state index contributed by atoms with van der Waals surface area (Å²) in [6, 6.07) is 11.4. The van der Waals surface area contributed by atoms with Gasteiger partial charge in [0.2, 0.25) is 0 Å². The molecule has 1 N–H and O–H groups in total. The zero-order valence-electron chi connectivity index (χ0n) is 16.7. The molecule has 0 unspecified atom stereocenters. The number of hydrazone groups is 1. The van der Waals surface area contributed by atoms with Crippen molar-refractivity contribution < 1.29 is 19.2 Å². The Morgan fingerprint density at radius 2 is 2.00 bits per heavy atom. The second-order valence-electron chi connectivity index (χ2n) is 6.67. The van der Waals surface area contributed by atoms with E-state index < -0.39 is 4.92 Å². The summed E-state index contributed by atoms with van der Waals surface area (Å²) in [5, 5.41) is 15.2. The Morgan fingerprint density at radius 1 is 1.27 bits per heavy atom. The van der Waals surface area contributed by atoms with Crippen LogP contribution in [0.1, 0.15) is 29.3 Å². The lowest BCUT2D eigenvalue weighted by Gasteiger charge is -2.29. The molecular formula is C21H24N4O5. The molecule has 1 aliphatic heterocycles. The molecule has 2 aromatic rings. The molecule has 9 nitrogen and oxygen atoms in total. The predicted octanol–water partition coefficient (Wildman–Crippen LogP) is 2.98. The van der Waals surface area contributed by atoms with Gasteiger partial charge >= 0.3 is 0 Å². The monoisotopic (exact) mass is 412 g/mol. The number of rotatable bonds is 8. The summed E-state index contributed by atoms with van der Waals surface area (Å²) in [5.74, 6) is 0.315. The van der Waals surface area contributed by atoms with Crippen molar-refractivity contribution in [3.63, 3.8) is 0 Å². The second kappa shape index (κ2) is 10.4. The lowest BCUT2D eigenvalue weighted by molar-refractivity contribution is -0.384. The van der Waals surface area contributed by atoms with Gasteiger partial charge in [-0.05, 0) is 36.8 Å². The van der Waals surface area contributed by atoms with E-state index in [-0.39, 0.29) is 11.6 Å². The normalized spacial score (nSPS) is 14.0. The van der Waals surface area contributed by atoms with Gasteiger partial charge in [0.25, 0.3) is 11.6 Å². The first kappa shape index (κ1) is 21.3. The van der Waals surface area contributed by atoms with Crippen molar-refractivity contribution in [3.8, 4) is 5.75 Å². The summed E-state index contributed by atoms with van der Waals surface area (Å²) in [7, 11) is 0. The number of morpholine rings is 1. The van der Waals surface area contributed by atoms with Crippen LogP contribution in [0.2, 0.25) is 0 Å². The molecular weight excluding hydrogens is 388 g/mol. The third-order valence-electron chi connectivity index (χ3n) is 4.53. The molecule has 0 radical (unpaired) electrons. The van der Waals surface area contributed by atoms with E-state index in [1.807, 2.05) is 6.92 Å². The maximum atomic E-state index is 12.3. The van der Waals surface area contributed by atoms with Gasteiger partial charge in [-0.3, -0.25) is 14.9 Å². The van der Waals surface area contributed by atoms with E-state index in [4.69, 9.17) is 9.47 Å². The van der Waals surface area contributed by atoms with Gasteiger partial charge in [-0.2, -0.15) is 5.10 Å². The van der Waals surface area contributed by atoms with Crippen LogP contribution < -0.4 is 15.1 Å². The number of anilines is 1. The molecule has 9 heteroatoms. The molecule has 1 fully saturated rings. The number of benzene rings is 2. The van der Waals surface area contributed by atoms with Gasteiger partial charge in [0, 0.05) is 42.0 Å². The topological polar surface area (TPSA) is 106 Å². The number of ether oxygens (including phenoxy) is 2. The SMILES string of the molecule is CCCOc1ccc(C(=O)N/N=C/c2cc([N+](=O)[O-])ccc2N2CCOCC2)cc1. The van der Waals surface area contributed by atoms with E-state index in [9.17, 15) is 14.9 Å². The second-order valence-corrected chi connectivity index (χ2v) is 6.67. The number of nitrogens with one attached hydrogen (secondary N) is 1. The zero-order chi connectivity index (χ0) is 21.3. The third kappa shape index (κ3) is 5.54. The Balaban J connectivity index is 1.71. The lowest BCUT2D eigenvalue weighted by atomic mass is 10.1. The van der Waals surface area contributed by atoms with Crippen molar-refractivity contribution in [1.29, 1.82) is 0 Å². The largest absolute Gasteiger partial charge is 0.494 e. The maximum absolute atomic E-state index is 12.3. The third-order valence-corrected chi connectivity index (χ3v) is 4.53. The summed E-state index contributed by atoms with van der Waals surface area (Å²) in [5.41, 5.74) is 4.22.